The molecule has 101 heavy (non-hydrogen) atoms. The average Bonchev–Trinajstić information content (AvgIpc) is 0.819. The zero-order chi connectivity index (χ0) is 77.2. The van der Waals surface area contributed by atoms with Crippen molar-refractivity contribution >= 4 is 70.8 Å². The van der Waals surface area contributed by atoms with E-state index in [-0.39, 0.29) is 69.5 Å². The van der Waals surface area contributed by atoms with E-state index in [0.29, 0.717) is 45.3 Å². The summed E-state index contributed by atoms with van der Waals surface area (Å²) in [6.45, 7) is 31.9. The van der Waals surface area contributed by atoms with Gasteiger partial charge in [-0.3, -0.25) is 57.6 Å². The molecule has 0 aromatic carbocycles. The Bertz CT molecular complexity index is 2710. The third kappa shape index (κ3) is 27.7. The Hall–Kier alpha value is -6.32. The number of aliphatic hydroxyl groups is 1. The monoisotopic (exact) mass is 1430 g/mol. The van der Waals surface area contributed by atoms with E-state index in [2.05, 4.69) is 20.9 Å². The molecule has 4 N–H and O–H groups in total. The first kappa shape index (κ1) is 90.8. The minimum atomic E-state index is -1.73. The molecular formula is C74H133N11O16. The number of Topliss-reactive ketones (excluding diaryl/α,β-unsaturated/α-hetero) is 2. The summed E-state index contributed by atoms with van der Waals surface area (Å²) < 4.78 is 17.2. The lowest BCUT2D eigenvalue weighted by molar-refractivity contribution is -0.154. The number of hydrogen-bond acceptors (Lipinski definition) is 17. The number of ketones is 2. The van der Waals surface area contributed by atoms with Crippen LogP contribution in [0.1, 0.15) is 188 Å². The molecule has 0 saturated carbocycles. The average molecular weight is 1430 g/mol. The van der Waals surface area contributed by atoms with Crippen molar-refractivity contribution in [2.75, 3.05) is 102 Å². The molecule has 2 aliphatic rings. The van der Waals surface area contributed by atoms with Crippen LogP contribution < -0.4 is 16.0 Å². The predicted molar refractivity (Wildman–Crippen MR) is 387 cm³/mol. The number of nitrogens with one attached hydrogen (secondary N) is 3. The molecule has 27 heteroatoms. The van der Waals surface area contributed by atoms with Gasteiger partial charge in [0.25, 0.3) is 0 Å². The topological polar surface area (TPSA) is 315 Å². The Labute approximate surface area is 604 Å². The molecule has 27 nitrogen and oxygen atoms in total. The van der Waals surface area contributed by atoms with E-state index < -0.39 is 167 Å². The van der Waals surface area contributed by atoms with Gasteiger partial charge in [-0.05, 0) is 114 Å². The molecule has 0 aliphatic carbocycles. The maximum absolute atomic E-state index is 15.2. The molecule has 0 radical (unpaired) electrons. The van der Waals surface area contributed by atoms with Gasteiger partial charge in [0, 0.05) is 101 Å². The summed E-state index contributed by atoms with van der Waals surface area (Å²) in [4.78, 5) is 187. The van der Waals surface area contributed by atoms with Crippen LogP contribution in [0.15, 0.2) is 0 Å². The van der Waals surface area contributed by atoms with Gasteiger partial charge in [-0.2, -0.15) is 0 Å². The van der Waals surface area contributed by atoms with Crippen molar-refractivity contribution in [3.05, 3.63) is 0 Å². The van der Waals surface area contributed by atoms with Gasteiger partial charge in [-0.25, -0.2) is 4.79 Å². The fourth-order valence-corrected chi connectivity index (χ4v) is 13.3. The van der Waals surface area contributed by atoms with Crippen molar-refractivity contribution < 1.29 is 76.9 Å². The summed E-state index contributed by atoms with van der Waals surface area (Å²) in [5, 5.41) is 20.6. The molecule has 2 aliphatic heterocycles. The minimum Gasteiger partial charge on any atom is -0.449 e. The lowest BCUT2D eigenvalue weighted by atomic mass is 9.85. The van der Waals surface area contributed by atoms with Gasteiger partial charge >= 0.3 is 6.09 Å². The maximum Gasteiger partial charge on any atom is 0.409 e. The molecule has 0 spiro atoms. The number of aliphatic hydroxyl groups excluding tert-OH is 1. The van der Waals surface area contributed by atoms with E-state index in [4.69, 9.17) is 14.2 Å². The summed E-state index contributed by atoms with van der Waals surface area (Å²) in [7, 11) is 11.8. The SMILES string of the molecule is CC[C@@H]1NC(=O)[C@H]([C@H](O)[C@H](C)CCCCCOC(=O)N(C)C)NC(=O)[C@H](C(C)C)N(C)C(=O)[C@H](CC(C)C)N(C)C(=O)[C@H](CC(C)C)N(C)C(=O)[C@@H](C)NC(=O)[C@H](C)CC(=O)[C@H](CC(C)C)N(C)C(=O)[C@H](C(C)C)CC(=O)[C@H]([C@@H](C)OCCCCN2CCOCC2)N(C)C(=O)[C@@H](C)N(C)C1=O. The maximum atomic E-state index is 15.2. The van der Waals surface area contributed by atoms with Crippen LogP contribution >= 0.6 is 0 Å². The Morgan fingerprint density at radius 3 is 1.58 bits per heavy atom. The molecule has 2 rings (SSSR count). The summed E-state index contributed by atoms with van der Waals surface area (Å²) in [5.74, 6) is -11.3. The molecule has 0 bridgehead atoms. The Kier molecular flexibility index (Phi) is 39.3. The summed E-state index contributed by atoms with van der Waals surface area (Å²) in [5.41, 5.74) is 0. The third-order valence-corrected chi connectivity index (χ3v) is 20.0. The molecular weight excluding hydrogens is 1300 g/mol. The number of ether oxygens (including phenoxy) is 3. The molecule has 0 unspecified atom stereocenters. The number of unbranched alkanes of at least 4 members (excludes halogenated alkanes) is 3. The van der Waals surface area contributed by atoms with Gasteiger partial charge in [0.1, 0.15) is 48.3 Å². The normalized spacial score (nSPS) is 26.5. The Morgan fingerprint density at radius 1 is 0.545 bits per heavy atom. The highest BCUT2D eigenvalue weighted by molar-refractivity contribution is 6.00. The van der Waals surface area contributed by atoms with Crippen LogP contribution in [0, 0.1) is 47.3 Å². The summed E-state index contributed by atoms with van der Waals surface area (Å²) in [6.07, 6.45) is 0.126. The third-order valence-electron chi connectivity index (χ3n) is 20.0. The fourth-order valence-electron chi connectivity index (χ4n) is 13.3. The van der Waals surface area contributed by atoms with Gasteiger partial charge in [0.05, 0.1) is 38.1 Å². The van der Waals surface area contributed by atoms with Crippen LogP contribution in [-0.4, -0.2) is 284 Å². The lowest BCUT2D eigenvalue weighted by Gasteiger charge is -2.40. The molecule has 2 heterocycles. The summed E-state index contributed by atoms with van der Waals surface area (Å²) in [6, 6.07) is -11.5. The summed E-state index contributed by atoms with van der Waals surface area (Å²) >= 11 is 0. The smallest absolute Gasteiger partial charge is 0.409 e. The standard InChI is InChI=1S/C74H133N11O16/c1-25-55-71(95)79(19)52(15)69(93)84(24)63(53(16)100-35-30-28-32-85-33-37-99-38-34-85)60(87)43-54(47(8)9)70(94)80(20)56(39-44(2)3)59(86)42-50(13)65(89)75-51(14)68(92)81(21)57(40-45(4)5)72(96)82(22)58(41-46(6)7)73(97)83(23)62(48(10)11)67(91)77-61(66(90)76-55)64(88)49(12)31-27-26-29-36-101-74(98)78(17)18/h44-58,61-64,88H,25-43H2,1-24H3,(H,75,89)(H,76,90)(H,77,91)/t49-,50-,51-,52-,53-,54+,55+,56+,57+,58+,61+,62+,63+,64-/m1/s1. The Morgan fingerprint density at radius 2 is 1.06 bits per heavy atom. The van der Waals surface area contributed by atoms with Gasteiger partial charge in [0.15, 0.2) is 11.6 Å². The number of amides is 10. The number of carbonyl (C=O) groups is 12. The second-order valence-corrected chi connectivity index (χ2v) is 30.8. The zero-order valence-electron chi connectivity index (χ0n) is 66.1. The highest BCUT2D eigenvalue weighted by Crippen LogP contribution is 2.28. The van der Waals surface area contributed by atoms with E-state index in [1.165, 1.54) is 85.5 Å². The van der Waals surface area contributed by atoms with Gasteiger partial charge in [-0.15, -0.1) is 0 Å². The van der Waals surface area contributed by atoms with E-state index in [1.807, 2.05) is 41.5 Å². The van der Waals surface area contributed by atoms with Crippen molar-refractivity contribution in [3.63, 3.8) is 0 Å². The van der Waals surface area contributed by atoms with E-state index in [1.54, 1.807) is 69.5 Å². The van der Waals surface area contributed by atoms with Crippen molar-refractivity contribution in [1.29, 1.82) is 0 Å². The number of morpholine rings is 1. The molecule has 14 atom stereocenters. The second kappa shape index (κ2) is 43.7. The quantitative estimate of drug-likeness (QED) is 0.0896. The van der Waals surface area contributed by atoms with Crippen LogP contribution in [0.4, 0.5) is 4.79 Å². The van der Waals surface area contributed by atoms with Crippen LogP contribution in [0.25, 0.3) is 0 Å². The second-order valence-electron chi connectivity index (χ2n) is 30.8. The predicted octanol–water partition coefficient (Wildman–Crippen LogP) is 5.26. The fraction of sp³-hybridized carbons (Fsp3) is 0.838. The lowest BCUT2D eigenvalue weighted by Crippen LogP contribution is -2.63. The first-order chi connectivity index (χ1) is 47.0. The van der Waals surface area contributed by atoms with Crippen molar-refractivity contribution in [2.45, 2.75) is 254 Å². The van der Waals surface area contributed by atoms with E-state index in [0.717, 1.165) is 31.0 Å². The molecule has 10 amide bonds. The first-order valence-corrected chi connectivity index (χ1v) is 37.1. The molecule has 2 fully saturated rings. The molecule has 2 saturated heterocycles. The zero-order valence-corrected chi connectivity index (χ0v) is 66.1. The highest BCUT2D eigenvalue weighted by Gasteiger charge is 2.45. The largest absolute Gasteiger partial charge is 0.449 e. The van der Waals surface area contributed by atoms with Crippen molar-refractivity contribution in [1.82, 2.24) is 55.1 Å². The van der Waals surface area contributed by atoms with Crippen molar-refractivity contribution in [3.8, 4) is 0 Å². The van der Waals surface area contributed by atoms with Gasteiger partial charge < -0.3 is 69.6 Å². The van der Waals surface area contributed by atoms with Gasteiger partial charge in [-0.1, -0.05) is 103 Å². The van der Waals surface area contributed by atoms with Crippen LogP contribution in [0.5, 0.6) is 0 Å². The van der Waals surface area contributed by atoms with Crippen molar-refractivity contribution in [2.24, 2.45) is 47.3 Å². The number of likely N-dealkylation sites (N-methyl/N-ethyl adjacent to an activating group) is 6. The minimum absolute atomic E-state index is 0.0268. The van der Waals surface area contributed by atoms with Crippen LogP contribution in [0.3, 0.4) is 0 Å². The van der Waals surface area contributed by atoms with E-state index in [9.17, 15) is 29.1 Å². The van der Waals surface area contributed by atoms with Crippen LogP contribution in [0.2, 0.25) is 0 Å². The number of rotatable bonds is 24. The number of nitrogens with zero attached hydrogens (tertiary/aromatic N) is 8. The van der Waals surface area contributed by atoms with E-state index >= 15 is 33.6 Å². The molecule has 580 valence electrons. The van der Waals surface area contributed by atoms with Gasteiger partial charge in [0.2, 0.25) is 53.2 Å². The highest BCUT2D eigenvalue weighted by atomic mass is 16.6. The Balaban J connectivity index is 2.98. The number of carbonyl (C=O) groups excluding carboxylic acids is 12. The first-order valence-electron chi connectivity index (χ1n) is 37.1. The van der Waals surface area contributed by atoms with Crippen LogP contribution in [-0.2, 0) is 67.0 Å². The molecule has 0 aromatic rings. The number of hydrogen-bond donors (Lipinski definition) is 4. The molecule has 0 aromatic heterocycles.